The summed E-state index contributed by atoms with van der Waals surface area (Å²) >= 11 is 0. The zero-order chi connectivity index (χ0) is 16.2. The average Bonchev–Trinajstić information content (AvgIpc) is 2.88. The summed E-state index contributed by atoms with van der Waals surface area (Å²) in [6, 6.07) is 1.99. The molecule has 3 rings (SSSR count). The van der Waals surface area contributed by atoms with E-state index in [1.807, 2.05) is 0 Å². The van der Waals surface area contributed by atoms with Crippen LogP contribution >= 0.6 is 0 Å². The van der Waals surface area contributed by atoms with Crippen LogP contribution in [0.4, 0.5) is 0 Å². The molecule has 122 valence electrons. The molecule has 2 aliphatic heterocycles. The molecule has 2 fully saturated rings. The third-order valence-corrected chi connectivity index (χ3v) is 3.99. The van der Waals surface area contributed by atoms with Gasteiger partial charge in [-0.1, -0.05) is 0 Å². The first-order valence-corrected chi connectivity index (χ1v) is 7.68. The summed E-state index contributed by atoms with van der Waals surface area (Å²) in [7, 11) is 0. The van der Waals surface area contributed by atoms with Crippen molar-refractivity contribution in [1.82, 2.24) is 19.8 Å². The molecule has 3 heterocycles. The monoisotopic (exact) mass is 318 g/mol. The number of carbonyl (C=O) groups excluding carboxylic acids is 3. The second kappa shape index (κ2) is 6.72. The van der Waals surface area contributed by atoms with Gasteiger partial charge in [0.25, 0.3) is 0 Å². The van der Waals surface area contributed by atoms with E-state index in [0.29, 0.717) is 13.1 Å². The predicted molar refractivity (Wildman–Crippen MR) is 78.2 cm³/mol. The summed E-state index contributed by atoms with van der Waals surface area (Å²) in [5.74, 6) is -0.771. The van der Waals surface area contributed by atoms with Crippen molar-refractivity contribution in [2.45, 2.75) is 31.8 Å². The first-order chi connectivity index (χ1) is 11.1. The van der Waals surface area contributed by atoms with E-state index in [9.17, 15) is 14.4 Å². The van der Waals surface area contributed by atoms with E-state index >= 15 is 0 Å². The largest absolute Gasteiger partial charge is 0.458 e. The first kappa shape index (κ1) is 15.4. The number of rotatable bonds is 4. The fraction of sp³-hybridized carbons (Fsp3) is 0.533. The van der Waals surface area contributed by atoms with Crippen molar-refractivity contribution < 1.29 is 19.1 Å². The van der Waals surface area contributed by atoms with Crippen molar-refractivity contribution >= 4 is 17.7 Å². The third kappa shape index (κ3) is 3.64. The first-order valence-electron chi connectivity index (χ1n) is 7.68. The summed E-state index contributed by atoms with van der Waals surface area (Å²) in [5.41, 5.74) is 0. The molecule has 0 aliphatic carbocycles. The molecule has 0 radical (unpaired) electrons. The van der Waals surface area contributed by atoms with Crippen molar-refractivity contribution in [2.75, 3.05) is 19.6 Å². The maximum atomic E-state index is 12.3. The molecule has 1 aromatic heterocycles. The molecule has 1 atom stereocenters. The minimum atomic E-state index is -0.272. The topological polar surface area (TPSA) is 92.7 Å². The molecule has 2 aliphatic rings. The fourth-order valence-electron chi connectivity index (χ4n) is 2.79. The molecule has 0 spiro atoms. The minimum absolute atomic E-state index is 0.174. The molecular formula is C15H18N4O4. The second-order valence-electron chi connectivity index (χ2n) is 5.63. The number of aromatic nitrogens is 2. The molecule has 0 N–H and O–H groups in total. The Kier molecular flexibility index (Phi) is 4.50. The predicted octanol–water partition coefficient (Wildman–Crippen LogP) is -0.00460. The Balaban J connectivity index is 1.56. The van der Waals surface area contributed by atoms with Gasteiger partial charge in [0.15, 0.2) is 0 Å². The number of hydrogen-bond acceptors (Lipinski definition) is 6. The standard InChI is InChI=1S/C15H18N4O4/c20-12-4-5-13(21)19(12)10-14(22)18-8-1-3-11(9-18)23-15-16-6-2-7-17-15/h2,6-7,11H,1,3-5,8-10H2. The SMILES string of the molecule is O=C(CN1C(=O)CCC1=O)N1CCCC(Oc2ncccn2)C1. The van der Waals surface area contributed by atoms with Gasteiger partial charge in [0.2, 0.25) is 17.7 Å². The molecule has 0 saturated carbocycles. The van der Waals surface area contributed by atoms with Crippen LogP contribution in [0, 0.1) is 0 Å². The highest BCUT2D eigenvalue weighted by atomic mass is 16.5. The molecule has 8 heteroatoms. The highest BCUT2D eigenvalue weighted by Gasteiger charge is 2.33. The Bertz CT molecular complexity index is 591. The van der Waals surface area contributed by atoms with E-state index in [4.69, 9.17) is 4.74 Å². The van der Waals surface area contributed by atoms with Crippen LogP contribution < -0.4 is 4.74 Å². The number of ether oxygens (including phenoxy) is 1. The average molecular weight is 318 g/mol. The van der Waals surface area contributed by atoms with Crippen LogP contribution in [0.15, 0.2) is 18.5 Å². The van der Waals surface area contributed by atoms with Gasteiger partial charge >= 0.3 is 6.01 Å². The maximum absolute atomic E-state index is 12.3. The quantitative estimate of drug-likeness (QED) is 0.725. The summed E-state index contributed by atoms with van der Waals surface area (Å²) in [4.78, 5) is 46.2. The molecule has 1 aromatic rings. The molecular weight excluding hydrogens is 300 g/mol. The smallest absolute Gasteiger partial charge is 0.316 e. The lowest BCUT2D eigenvalue weighted by Crippen LogP contribution is -2.49. The number of imide groups is 1. The summed E-state index contributed by atoms with van der Waals surface area (Å²) in [5, 5.41) is 0. The number of carbonyl (C=O) groups is 3. The summed E-state index contributed by atoms with van der Waals surface area (Å²) in [6.07, 6.45) is 5.01. The Labute approximate surface area is 133 Å². The Morgan fingerprint density at radius 1 is 1.22 bits per heavy atom. The van der Waals surface area contributed by atoms with Gasteiger partial charge in [-0.15, -0.1) is 0 Å². The van der Waals surface area contributed by atoms with Gasteiger partial charge in [0.1, 0.15) is 12.6 Å². The zero-order valence-electron chi connectivity index (χ0n) is 12.7. The van der Waals surface area contributed by atoms with Crippen LogP contribution in [0.3, 0.4) is 0 Å². The number of nitrogens with zero attached hydrogens (tertiary/aromatic N) is 4. The van der Waals surface area contributed by atoms with Crippen molar-refractivity contribution in [3.8, 4) is 6.01 Å². The van der Waals surface area contributed by atoms with Crippen molar-refractivity contribution in [2.24, 2.45) is 0 Å². The number of amides is 3. The van der Waals surface area contributed by atoms with Crippen LogP contribution in [-0.4, -0.2) is 63.2 Å². The number of likely N-dealkylation sites (tertiary alicyclic amines) is 2. The molecule has 2 saturated heterocycles. The lowest BCUT2D eigenvalue weighted by molar-refractivity contribution is -0.146. The van der Waals surface area contributed by atoms with E-state index in [1.54, 1.807) is 23.4 Å². The van der Waals surface area contributed by atoms with Gasteiger partial charge in [-0.2, -0.15) is 0 Å². The Hall–Kier alpha value is -2.51. The summed E-state index contributed by atoms with van der Waals surface area (Å²) < 4.78 is 5.68. The van der Waals surface area contributed by atoms with Gasteiger partial charge < -0.3 is 9.64 Å². The van der Waals surface area contributed by atoms with Crippen molar-refractivity contribution in [1.29, 1.82) is 0 Å². The van der Waals surface area contributed by atoms with Gasteiger partial charge in [-0.3, -0.25) is 19.3 Å². The van der Waals surface area contributed by atoms with E-state index in [0.717, 1.165) is 17.7 Å². The number of hydrogen-bond donors (Lipinski definition) is 0. The molecule has 1 unspecified atom stereocenters. The molecule has 0 bridgehead atoms. The minimum Gasteiger partial charge on any atom is -0.458 e. The zero-order valence-corrected chi connectivity index (χ0v) is 12.7. The van der Waals surface area contributed by atoms with Gasteiger partial charge in [0, 0.05) is 31.8 Å². The van der Waals surface area contributed by atoms with Crippen LogP contribution in [0.5, 0.6) is 6.01 Å². The van der Waals surface area contributed by atoms with Crippen LogP contribution in [-0.2, 0) is 14.4 Å². The fourth-order valence-corrected chi connectivity index (χ4v) is 2.79. The van der Waals surface area contributed by atoms with Crippen LogP contribution in [0.2, 0.25) is 0 Å². The lowest BCUT2D eigenvalue weighted by atomic mass is 10.1. The maximum Gasteiger partial charge on any atom is 0.316 e. The lowest BCUT2D eigenvalue weighted by Gasteiger charge is -2.33. The van der Waals surface area contributed by atoms with Gasteiger partial charge in [0.05, 0.1) is 6.54 Å². The van der Waals surface area contributed by atoms with E-state index in [-0.39, 0.29) is 49.2 Å². The van der Waals surface area contributed by atoms with E-state index in [2.05, 4.69) is 9.97 Å². The van der Waals surface area contributed by atoms with E-state index < -0.39 is 0 Å². The van der Waals surface area contributed by atoms with Crippen molar-refractivity contribution in [3.05, 3.63) is 18.5 Å². The van der Waals surface area contributed by atoms with Crippen LogP contribution in [0.25, 0.3) is 0 Å². The molecule has 3 amide bonds. The number of piperidine rings is 1. The normalized spacial score (nSPS) is 21.7. The second-order valence-corrected chi connectivity index (χ2v) is 5.63. The van der Waals surface area contributed by atoms with Gasteiger partial charge in [-0.05, 0) is 18.9 Å². The highest BCUT2D eigenvalue weighted by molar-refractivity contribution is 6.04. The Morgan fingerprint density at radius 3 is 2.61 bits per heavy atom. The molecule has 0 aromatic carbocycles. The van der Waals surface area contributed by atoms with Gasteiger partial charge in [-0.25, -0.2) is 9.97 Å². The summed E-state index contributed by atoms with van der Waals surface area (Å²) in [6.45, 7) is 0.837. The Morgan fingerprint density at radius 2 is 1.91 bits per heavy atom. The van der Waals surface area contributed by atoms with E-state index in [1.165, 1.54) is 0 Å². The van der Waals surface area contributed by atoms with Crippen LogP contribution in [0.1, 0.15) is 25.7 Å². The third-order valence-electron chi connectivity index (χ3n) is 3.99. The molecule has 23 heavy (non-hydrogen) atoms. The molecule has 8 nitrogen and oxygen atoms in total. The highest BCUT2D eigenvalue weighted by Crippen LogP contribution is 2.17. The van der Waals surface area contributed by atoms with Crippen molar-refractivity contribution in [3.63, 3.8) is 0 Å².